The zero-order valence-corrected chi connectivity index (χ0v) is 16.4. The van der Waals surface area contributed by atoms with Crippen LogP contribution in [0.2, 0.25) is 0 Å². The molecule has 1 saturated carbocycles. The van der Waals surface area contributed by atoms with E-state index in [4.69, 9.17) is 9.52 Å². The lowest BCUT2D eigenvalue weighted by atomic mass is 9.87. The lowest BCUT2D eigenvalue weighted by molar-refractivity contribution is 0.198. The number of rotatable bonds is 4. The Balaban J connectivity index is 0.000000180. The monoisotopic (exact) mass is 371 g/mol. The molecule has 4 rings (SSSR count). The molecular weight excluding hydrogens is 338 g/mol. The number of fused-ring (bicyclic) bond motifs is 1. The second-order valence-electron chi connectivity index (χ2n) is 7.82. The molecule has 1 N–H and O–H groups in total. The first-order valence-corrected chi connectivity index (χ1v) is 10.6. The molecule has 1 aromatic heterocycles. The van der Waals surface area contributed by atoms with Crippen LogP contribution in [0.1, 0.15) is 69.5 Å². The fourth-order valence-electron chi connectivity index (χ4n) is 4.19. The molecule has 0 radical (unpaired) electrons. The van der Waals surface area contributed by atoms with Crippen molar-refractivity contribution in [3.05, 3.63) is 46.3 Å². The summed E-state index contributed by atoms with van der Waals surface area (Å²) in [4.78, 5) is 14.4. The quantitative estimate of drug-likeness (QED) is 0.847. The molecule has 27 heavy (non-hydrogen) atoms. The van der Waals surface area contributed by atoms with Crippen LogP contribution in [-0.4, -0.2) is 36.2 Å². The number of hydrogen-bond acceptors (Lipinski definition) is 4. The van der Waals surface area contributed by atoms with E-state index in [0.717, 1.165) is 37.2 Å². The van der Waals surface area contributed by atoms with Crippen molar-refractivity contribution in [1.82, 2.24) is 4.90 Å². The van der Waals surface area contributed by atoms with Crippen LogP contribution < -0.4 is 5.43 Å². The Hall–Kier alpha value is -1.65. The highest BCUT2D eigenvalue weighted by molar-refractivity contribution is 5.76. The smallest absolute Gasteiger partial charge is 0.192 e. The Bertz CT molecular complexity index is 743. The van der Waals surface area contributed by atoms with E-state index in [-0.39, 0.29) is 5.43 Å². The molecular formula is C23H33NO3. The summed E-state index contributed by atoms with van der Waals surface area (Å²) in [5, 5.41) is 9.26. The van der Waals surface area contributed by atoms with Crippen molar-refractivity contribution < 1.29 is 9.52 Å². The summed E-state index contributed by atoms with van der Waals surface area (Å²) < 4.78 is 5.88. The molecule has 4 nitrogen and oxygen atoms in total. The van der Waals surface area contributed by atoms with Crippen molar-refractivity contribution in [3.8, 4) is 0 Å². The molecule has 0 spiro atoms. The minimum Gasteiger partial charge on any atom is -0.461 e. The van der Waals surface area contributed by atoms with Gasteiger partial charge in [-0.2, -0.15) is 0 Å². The van der Waals surface area contributed by atoms with Gasteiger partial charge in [-0.1, -0.05) is 37.8 Å². The molecule has 1 saturated heterocycles. The van der Waals surface area contributed by atoms with Gasteiger partial charge in [0.2, 0.25) is 0 Å². The summed E-state index contributed by atoms with van der Waals surface area (Å²) in [6.07, 6.45) is 11.2. The molecule has 2 aliphatic rings. The highest BCUT2D eigenvalue weighted by Gasteiger charge is 2.18. The van der Waals surface area contributed by atoms with Gasteiger partial charge in [-0.05, 0) is 57.3 Å². The van der Waals surface area contributed by atoms with Gasteiger partial charge in [-0.15, -0.1) is 0 Å². The lowest BCUT2D eigenvalue weighted by Crippen LogP contribution is -2.30. The zero-order chi connectivity index (χ0) is 18.9. The number of para-hydroxylation sites is 1. The Morgan fingerprint density at radius 2 is 1.70 bits per heavy atom. The van der Waals surface area contributed by atoms with Crippen LogP contribution >= 0.6 is 0 Å². The summed E-state index contributed by atoms with van der Waals surface area (Å²) in [6, 6.07) is 9.18. The Kier molecular flexibility index (Phi) is 7.91. The van der Waals surface area contributed by atoms with Gasteiger partial charge in [0, 0.05) is 25.1 Å². The number of aliphatic hydroxyl groups excluding tert-OH is 1. The van der Waals surface area contributed by atoms with E-state index in [2.05, 4.69) is 4.90 Å². The predicted molar refractivity (Wildman–Crippen MR) is 110 cm³/mol. The first-order valence-electron chi connectivity index (χ1n) is 10.6. The van der Waals surface area contributed by atoms with E-state index in [0.29, 0.717) is 17.9 Å². The first kappa shape index (κ1) is 20.1. The van der Waals surface area contributed by atoms with E-state index >= 15 is 0 Å². The van der Waals surface area contributed by atoms with Crippen LogP contribution in [0.3, 0.4) is 0 Å². The lowest BCUT2D eigenvalue weighted by Gasteiger charge is -2.25. The molecule has 1 aromatic carbocycles. The summed E-state index contributed by atoms with van der Waals surface area (Å²) in [6.45, 7) is 3.94. The van der Waals surface area contributed by atoms with Gasteiger partial charge in [0.1, 0.15) is 11.3 Å². The fourth-order valence-corrected chi connectivity index (χ4v) is 4.19. The number of hydrogen-bond donors (Lipinski definition) is 1. The minimum atomic E-state index is 0.0902. The van der Waals surface area contributed by atoms with Gasteiger partial charge in [0.05, 0.1) is 5.39 Å². The molecule has 1 aliphatic heterocycles. The molecule has 2 fully saturated rings. The molecule has 4 heteroatoms. The van der Waals surface area contributed by atoms with E-state index in [1.54, 1.807) is 6.07 Å². The first-order chi connectivity index (χ1) is 13.3. The van der Waals surface area contributed by atoms with Crippen LogP contribution in [0.25, 0.3) is 11.0 Å². The van der Waals surface area contributed by atoms with E-state index in [1.165, 1.54) is 51.6 Å². The van der Waals surface area contributed by atoms with Crippen molar-refractivity contribution in [2.45, 2.75) is 63.7 Å². The molecule has 2 aromatic rings. The maximum atomic E-state index is 12.0. The second kappa shape index (κ2) is 10.6. The highest BCUT2D eigenvalue weighted by Crippen LogP contribution is 2.32. The molecule has 0 atom stereocenters. The van der Waals surface area contributed by atoms with Crippen LogP contribution in [-0.2, 0) is 0 Å². The number of nitrogens with zero attached hydrogens (tertiary/aromatic N) is 1. The summed E-state index contributed by atoms with van der Waals surface area (Å²) in [7, 11) is 0. The number of benzene rings is 1. The van der Waals surface area contributed by atoms with Crippen LogP contribution in [0.15, 0.2) is 39.5 Å². The molecule has 1 aliphatic carbocycles. The summed E-state index contributed by atoms with van der Waals surface area (Å²) >= 11 is 0. The summed E-state index contributed by atoms with van der Waals surface area (Å²) in [5.74, 6) is 1.33. The normalized spacial score (nSPS) is 18.9. The maximum Gasteiger partial charge on any atom is 0.192 e. The third kappa shape index (κ3) is 5.91. The molecule has 0 bridgehead atoms. The van der Waals surface area contributed by atoms with Crippen LogP contribution in [0.4, 0.5) is 0 Å². The standard InChI is InChI=1S/C15H16O2.C8H17NO/c16-13-10-15(11-6-2-1-3-7-11)17-14-9-5-4-8-12(13)14;10-8-4-7-9-5-2-1-3-6-9/h4-5,8-11H,1-3,6-7H2;10H,1-8H2. The predicted octanol–water partition coefficient (Wildman–Crippen LogP) is 4.70. The third-order valence-corrected chi connectivity index (χ3v) is 5.74. The zero-order valence-electron chi connectivity index (χ0n) is 16.4. The number of aliphatic hydroxyl groups is 1. The molecule has 0 amide bonds. The Morgan fingerprint density at radius 1 is 1.00 bits per heavy atom. The van der Waals surface area contributed by atoms with Gasteiger partial charge < -0.3 is 14.4 Å². The molecule has 0 unspecified atom stereocenters. The average Bonchev–Trinajstić information content (AvgIpc) is 2.74. The molecule has 2 heterocycles. The largest absolute Gasteiger partial charge is 0.461 e. The SMILES string of the molecule is O=c1cc(C2CCCCC2)oc2ccccc12.OCCCN1CCCCC1. The topological polar surface area (TPSA) is 53.7 Å². The average molecular weight is 372 g/mol. The van der Waals surface area contributed by atoms with Crippen molar-refractivity contribution in [1.29, 1.82) is 0 Å². The van der Waals surface area contributed by atoms with Gasteiger partial charge in [-0.25, -0.2) is 0 Å². The van der Waals surface area contributed by atoms with Crippen molar-refractivity contribution >= 4 is 11.0 Å². The minimum absolute atomic E-state index is 0.0902. The number of likely N-dealkylation sites (tertiary alicyclic amines) is 1. The van der Waals surface area contributed by atoms with Gasteiger partial charge in [0.25, 0.3) is 0 Å². The van der Waals surface area contributed by atoms with E-state index in [9.17, 15) is 4.79 Å². The fraction of sp³-hybridized carbons (Fsp3) is 0.609. The Morgan fingerprint density at radius 3 is 2.44 bits per heavy atom. The van der Waals surface area contributed by atoms with Crippen molar-refractivity contribution in [3.63, 3.8) is 0 Å². The van der Waals surface area contributed by atoms with E-state index in [1.807, 2.05) is 24.3 Å². The van der Waals surface area contributed by atoms with Crippen molar-refractivity contribution in [2.75, 3.05) is 26.2 Å². The third-order valence-electron chi connectivity index (χ3n) is 5.74. The summed E-state index contributed by atoms with van der Waals surface area (Å²) in [5.41, 5.74) is 0.813. The second-order valence-corrected chi connectivity index (χ2v) is 7.82. The van der Waals surface area contributed by atoms with E-state index < -0.39 is 0 Å². The van der Waals surface area contributed by atoms with Gasteiger partial charge in [0.15, 0.2) is 5.43 Å². The van der Waals surface area contributed by atoms with Crippen LogP contribution in [0, 0.1) is 0 Å². The van der Waals surface area contributed by atoms with Gasteiger partial charge >= 0.3 is 0 Å². The van der Waals surface area contributed by atoms with Gasteiger partial charge in [-0.3, -0.25) is 4.79 Å². The highest BCUT2D eigenvalue weighted by atomic mass is 16.3. The van der Waals surface area contributed by atoms with Crippen molar-refractivity contribution in [2.24, 2.45) is 0 Å². The molecule has 148 valence electrons. The number of piperidine rings is 1. The Labute approximate surface area is 162 Å². The maximum absolute atomic E-state index is 12.0. The van der Waals surface area contributed by atoms with Crippen LogP contribution in [0.5, 0.6) is 0 Å².